The second-order valence-corrected chi connectivity index (χ2v) is 5.36. The molecule has 2 rings (SSSR count). The van der Waals surface area contributed by atoms with Crippen LogP contribution in [-0.4, -0.2) is 22.2 Å². The van der Waals surface area contributed by atoms with Crippen molar-refractivity contribution in [1.29, 1.82) is 0 Å². The number of aromatic nitrogens is 1. The Hall–Kier alpha value is -2.02. The third-order valence-corrected chi connectivity index (χ3v) is 3.79. The van der Waals surface area contributed by atoms with Crippen LogP contribution in [0.15, 0.2) is 30.3 Å². The Morgan fingerprint density at radius 1 is 1.13 bits per heavy atom. The molecule has 1 amide bonds. The van der Waals surface area contributed by atoms with Crippen LogP contribution >= 0.6 is 34.8 Å². The first-order chi connectivity index (χ1) is 10.9. The summed E-state index contributed by atoms with van der Waals surface area (Å²) in [6.45, 7) is 0.0204. The number of rotatable bonds is 4. The molecule has 0 fully saturated rings. The minimum absolute atomic E-state index is 0.0204. The van der Waals surface area contributed by atoms with Gasteiger partial charge < -0.3 is 9.84 Å². The fraction of sp³-hybridized carbons (Fsp3) is 0.0714. The van der Waals surface area contributed by atoms with Crippen molar-refractivity contribution in [2.24, 2.45) is 0 Å². The quantitative estimate of drug-likeness (QED) is 0.769. The van der Waals surface area contributed by atoms with E-state index in [1.54, 1.807) is 24.3 Å². The molecular formula is C14H9Cl3N2O4. The van der Waals surface area contributed by atoms with Gasteiger partial charge in [0.15, 0.2) is 10.8 Å². The minimum atomic E-state index is -1.41. The number of halogens is 3. The van der Waals surface area contributed by atoms with Crippen LogP contribution in [0.25, 0.3) is 0 Å². The van der Waals surface area contributed by atoms with Crippen LogP contribution in [-0.2, 0) is 11.3 Å². The standard InChI is InChI=1S/C14H9Cl3N2O4/c15-8-10(9(16)12(17)18-11(8)13(20)21)19-14(22)23-6-7-4-2-1-3-5-7/h1-5H,6H2,(H,20,21)(H,18,19,22). The van der Waals surface area contributed by atoms with Crippen LogP contribution in [0, 0.1) is 0 Å². The Balaban J connectivity index is 2.16. The number of pyridine rings is 1. The second kappa shape index (κ2) is 7.50. The first-order valence-electron chi connectivity index (χ1n) is 6.15. The van der Waals surface area contributed by atoms with Crippen molar-refractivity contribution in [3.63, 3.8) is 0 Å². The van der Waals surface area contributed by atoms with E-state index in [4.69, 9.17) is 44.6 Å². The van der Waals surface area contributed by atoms with Crippen molar-refractivity contribution in [2.75, 3.05) is 5.32 Å². The Bertz CT molecular complexity index is 753. The highest BCUT2D eigenvalue weighted by Gasteiger charge is 2.22. The molecule has 0 saturated carbocycles. The Morgan fingerprint density at radius 2 is 1.78 bits per heavy atom. The maximum atomic E-state index is 11.8. The highest BCUT2D eigenvalue weighted by atomic mass is 35.5. The van der Waals surface area contributed by atoms with E-state index < -0.39 is 17.8 Å². The van der Waals surface area contributed by atoms with Gasteiger partial charge in [-0.2, -0.15) is 0 Å². The molecule has 0 radical (unpaired) electrons. The fourth-order valence-electron chi connectivity index (χ4n) is 1.63. The van der Waals surface area contributed by atoms with E-state index in [1.807, 2.05) is 6.07 Å². The van der Waals surface area contributed by atoms with Gasteiger partial charge in [-0.05, 0) is 5.56 Å². The summed E-state index contributed by atoms with van der Waals surface area (Å²) in [6, 6.07) is 8.98. The Morgan fingerprint density at radius 3 is 2.39 bits per heavy atom. The summed E-state index contributed by atoms with van der Waals surface area (Å²) in [5.74, 6) is -1.41. The van der Waals surface area contributed by atoms with Crippen LogP contribution in [0.3, 0.4) is 0 Å². The first-order valence-corrected chi connectivity index (χ1v) is 7.29. The smallest absolute Gasteiger partial charge is 0.412 e. The molecule has 0 saturated heterocycles. The zero-order valence-corrected chi connectivity index (χ0v) is 13.6. The average Bonchev–Trinajstić information content (AvgIpc) is 2.53. The van der Waals surface area contributed by atoms with Crippen molar-refractivity contribution >= 4 is 52.6 Å². The number of amides is 1. The molecule has 0 aliphatic rings. The minimum Gasteiger partial charge on any atom is -0.476 e. The predicted molar refractivity (Wildman–Crippen MR) is 86.5 cm³/mol. The molecule has 6 nitrogen and oxygen atoms in total. The molecule has 0 atom stereocenters. The highest BCUT2D eigenvalue weighted by molar-refractivity contribution is 6.46. The third kappa shape index (κ3) is 4.25. The van der Waals surface area contributed by atoms with Crippen LogP contribution < -0.4 is 5.32 Å². The summed E-state index contributed by atoms with van der Waals surface area (Å²) in [4.78, 5) is 26.4. The van der Waals surface area contributed by atoms with Gasteiger partial charge in [-0.25, -0.2) is 14.6 Å². The zero-order valence-electron chi connectivity index (χ0n) is 11.3. The number of benzene rings is 1. The summed E-state index contributed by atoms with van der Waals surface area (Å²) in [5, 5.41) is 10.4. The summed E-state index contributed by atoms with van der Waals surface area (Å²) in [6.07, 6.45) is -0.865. The topological polar surface area (TPSA) is 88.5 Å². The molecule has 0 aliphatic heterocycles. The van der Waals surface area contributed by atoms with Gasteiger partial charge in [0.05, 0.1) is 10.7 Å². The first kappa shape index (κ1) is 17.3. The molecule has 0 spiro atoms. The Labute approximate surface area is 145 Å². The molecule has 1 heterocycles. The molecule has 1 aromatic carbocycles. The van der Waals surface area contributed by atoms with Crippen molar-refractivity contribution in [2.45, 2.75) is 6.61 Å². The summed E-state index contributed by atoms with van der Waals surface area (Å²) in [7, 11) is 0. The number of carbonyl (C=O) groups excluding carboxylic acids is 1. The second-order valence-electron chi connectivity index (χ2n) is 4.25. The zero-order chi connectivity index (χ0) is 17.0. The lowest BCUT2D eigenvalue weighted by atomic mass is 10.2. The van der Waals surface area contributed by atoms with Gasteiger partial charge in [0.1, 0.15) is 11.6 Å². The van der Waals surface area contributed by atoms with Crippen molar-refractivity contribution in [3.05, 3.63) is 56.8 Å². The van der Waals surface area contributed by atoms with Crippen molar-refractivity contribution in [3.8, 4) is 0 Å². The number of carboxylic acid groups (broad SMARTS) is 1. The van der Waals surface area contributed by atoms with Crippen LogP contribution in [0.5, 0.6) is 0 Å². The number of nitrogens with one attached hydrogen (secondary N) is 1. The lowest BCUT2D eigenvalue weighted by Crippen LogP contribution is -2.16. The maximum Gasteiger partial charge on any atom is 0.412 e. The van der Waals surface area contributed by atoms with Gasteiger partial charge in [-0.3, -0.25) is 5.32 Å². The number of ether oxygens (including phenoxy) is 1. The number of carbonyl (C=O) groups is 2. The highest BCUT2D eigenvalue weighted by Crippen LogP contribution is 2.36. The number of hydrogen-bond acceptors (Lipinski definition) is 4. The van der Waals surface area contributed by atoms with E-state index in [9.17, 15) is 9.59 Å². The van der Waals surface area contributed by atoms with E-state index in [0.29, 0.717) is 0 Å². The van der Waals surface area contributed by atoms with Gasteiger partial charge >= 0.3 is 12.1 Å². The predicted octanol–water partition coefficient (Wildman–Crippen LogP) is 4.49. The van der Waals surface area contributed by atoms with E-state index >= 15 is 0 Å². The lowest BCUT2D eigenvalue weighted by molar-refractivity contribution is 0.0690. The van der Waals surface area contributed by atoms with E-state index in [1.165, 1.54) is 0 Å². The largest absolute Gasteiger partial charge is 0.476 e. The number of aromatic carboxylic acids is 1. The van der Waals surface area contributed by atoms with Crippen LogP contribution in [0.4, 0.5) is 10.5 Å². The van der Waals surface area contributed by atoms with E-state index in [2.05, 4.69) is 10.3 Å². The SMILES string of the molecule is O=C(Nc1c(Cl)c(Cl)nc(C(=O)O)c1Cl)OCc1ccccc1. The van der Waals surface area contributed by atoms with Gasteiger partial charge in [0, 0.05) is 0 Å². The number of anilines is 1. The molecule has 1 aromatic heterocycles. The molecule has 23 heavy (non-hydrogen) atoms. The molecule has 0 aliphatic carbocycles. The number of carboxylic acids is 1. The van der Waals surface area contributed by atoms with Gasteiger partial charge in [-0.15, -0.1) is 0 Å². The molecule has 0 unspecified atom stereocenters. The molecule has 0 bridgehead atoms. The monoisotopic (exact) mass is 374 g/mol. The van der Waals surface area contributed by atoms with Crippen molar-refractivity contribution < 1.29 is 19.4 Å². The van der Waals surface area contributed by atoms with Crippen LogP contribution in [0.2, 0.25) is 15.2 Å². The molecule has 9 heteroatoms. The average molecular weight is 376 g/mol. The Kier molecular flexibility index (Phi) is 5.65. The van der Waals surface area contributed by atoms with Gasteiger partial charge in [-0.1, -0.05) is 65.1 Å². The summed E-state index contributed by atoms with van der Waals surface area (Å²) < 4.78 is 5.00. The molecular weight excluding hydrogens is 367 g/mol. The van der Waals surface area contributed by atoms with E-state index in [0.717, 1.165) is 5.56 Å². The van der Waals surface area contributed by atoms with Crippen LogP contribution in [0.1, 0.15) is 16.1 Å². The molecule has 2 N–H and O–H groups in total. The molecule has 2 aromatic rings. The summed E-state index contributed by atoms with van der Waals surface area (Å²) in [5.41, 5.74) is 0.0713. The number of nitrogens with zero attached hydrogens (tertiary/aromatic N) is 1. The normalized spacial score (nSPS) is 10.2. The summed E-state index contributed by atoms with van der Waals surface area (Å²) >= 11 is 17.5. The van der Waals surface area contributed by atoms with Gasteiger partial charge in [0.25, 0.3) is 0 Å². The van der Waals surface area contributed by atoms with Gasteiger partial charge in [0.2, 0.25) is 0 Å². The maximum absolute atomic E-state index is 11.8. The fourth-order valence-corrected chi connectivity index (χ4v) is 2.30. The van der Waals surface area contributed by atoms with E-state index in [-0.39, 0.29) is 27.5 Å². The molecule has 120 valence electrons. The van der Waals surface area contributed by atoms with Crippen molar-refractivity contribution in [1.82, 2.24) is 4.98 Å². The number of hydrogen-bond donors (Lipinski definition) is 2. The third-order valence-electron chi connectivity index (χ3n) is 2.68. The lowest BCUT2D eigenvalue weighted by Gasteiger charge is -2.12.